The van der Waals surface area contributed by atoms with Crippen molar-refractivity contribution in [1.29, 1.82) is 0 Å². The van der Waals surface area contributed by atoms with Crippen LogP contribution >= 0.6 is 11.3 Å². The largest absolute Gasteiger partial charge is 0.388 e. The predicted molar refractivity (Wildman–Crippen MR) is 122 cm³/mol. The Labute approximate surface area is 182 Å². The lowest BCUT2D eigenvalue weighted by atomic mass is 9.87. The molecule has 0 radical (unpaired) electrons. The van der Waals surface area contributed by atoms with Crippen LogP contribution in [0.15, 0.2) is 48.5 Å². The van der Waals surface area contributed by atoms with E-state index < -0.39 is 6.10 Å². The van der Waals surface area contributed by atoms with Gasteiger partial charge in [-0.1, -0.05) is 54.1 Å². The topological polar surface area (TPSA) is 53.4 Å². The van der Waals surface area contributed by atoms with Gasteiger partial charge in [-0.15, -0.1) is 11.3 Å². The molecule has 1 amide bonds. The van der Waals surface area contributed by atoms with E-state index in [1.54, 1.807) is 0 Å². The first-order chi connectivity index (χ1) is 14.4. The first-order valence-electron chi connectivity index (χ1n) is 10.5. The fraction of sp³-hybridized carbons (Fsp3) is 0.360. The zero-order chi connectivity index (χ0) is 21.3. The van der Waals surface area contributed by atoms with Gasteiger partial charge in [-0.2, -0.15) is 0 Å². The summed E-state index contributed by atoms with van der Waals surface area (Å²) in [6.07, 6.45) is 1.15. The van der Waals surface area contributed by atoms with Gasteiger partial charge in [0.1, 0.15) is 9.88 Å². The molecular formula is C25H28N2O2S. The Hall–Kier alpha value is -2.50. The second-order valence-electron chi connectivity index (χ2n) is 8.24. The molecule has 0 saturated carbocycles. The number of aryl methyl sites for hydroxylation is 3. The number of aromatic nitrogens is 1. The number of carbonyl (C=O) groups is 1. The smallest absolute Gasteiger partial charge is 0.265 e. The lowest BCUT2D eigenvalue weighted by Gasteiger charge is -2.34. The van der Waals surface area contributed by atoms with Gasteiger partial charge in [-0.05, 0) is 50.7 Å². The van der Waals surface area contributed by atoms with E-state index in [1.807, 2.05) is 42.2 Å². The number of amides is 1. The Balaban J connectivity index is 1.45. The number of thiazole rings is 1. The number of hydrogen-bond donors (Lipinski definition) is 1. The fourth-order valence-corrected chi connectivity index (χ4v) is 5.37. The average molecular weight is 421 g/mol. The number of likely N-dealkylation sites (tertiary alicyclic amines) is 1. The van der Waals surface area contributed by atoms with Crippen molar-refractivity contribution in [1.82, 2.24) is 9.88 Å². The monoisotopic (exact) mass is 420 g/mol. The maximum atomic E-state index is 13.2. The van der Waals surface area contributed by atoms with Crippen molar-refractivity contribution in [3.8, 4) is 10.6 Å². The highest BCUT2D eigenvalue weighted by molar-refractivity contribution is 7.17. The van der Waals surface area contributed by atoms with E-state index in [4.69, 9.17) is 4.98 Å². The van der Waals surface area contributed by atoms with E-state index in [-0.39, 0.29) is 11.8 Å². The maximum Gasteiger partial charge on any atom is 0.265 e. The van der Waals surface area contributed by atoms with E-state index in [1.165, 1.54) is 22.5 Å². The number of rotatable bonds is 4. The highest BCUT2D eigenvalue weighted by Gasteiger charge is 2.30. The van der Waals surface area contributed by atoms with Crippen molar-refractivity contribution < 1.29 is 9.90 Å². The molecule has 4 nitrogen and oxygen atoms in total. The molecule has 1 fully saturated rings. The molecule has 1 atom stereocenters. The van der Waals surface area contributed by atoms with Crippen LogP contribution in [-0.2, 0) is 0 Å². The van der Waals surface area contributed by atoms with Crippen molar-refractivity contribution in [3.05, 3.63) is 75.8 Å². The molecule has 4 rings (SSSR count). The summed E-state index contributed by atoms with van der Waals surface area (Å²) in [7, 11) is 0. The summed E-state index contributed by atoms with van der Waals surface area (Å²) in [5.41, 5.74) is 5.25. The molecule has 1 aliphatic rings. The van der Waals surface area contributed by atoms with Crippen molar-refractivity contribution in [2.45, 2.75) is 39.7 Å². The van der Waals surface area contributed by atoms with Gasteiger partial charge in [0.05, 0.1) is 11.8 Å². The molecule has 2 aromatic carbocycles. The van der Waals surface area contributed by atoms with Gasteiger partial charge in [0.15, 0.2) is 0 Å². The SMILES string of the molecule is Cc1ccc(-c2nc(C)c(C(=O)N3CCC(C(O)c4ccccc4)CC3)s2)c(C)c1. The van der Waals surface area contributed by atoms with Crippen LogP contribution in [0.25, 0.3) is 10.6 Å². The van der Waals surface area contributed by atoms with E-state index >= 15 is 0 Å². The zero-order valence-corrected chi connectivity index (χ0v) is 18.6. The fourth-order valence-electron chi connectivity index (χ4n) is 4.25. The third-order valence-corrected chi connectivity index (χ3v) is 7.20. The third-order valence-electron chi connectivity index (χ3n) is 6.02. The molecule has 0 aliphatic carbocycles. The molecule has 5 heteroatoms. The van der Waals surface area contributed by atoms with Crippen LogP contribution < -0.4 is 0 Å². The second-order valence-corrected chi connectivity index (χ2v) is 9.24. The Morgan fingerprint density at radius 1 is 1.10 bits per heavy atom. The van der Waals surface area contributed by atoms with Crippen molar-refractivity contribution >= 4 is 17.2 Å². The summed E-state index contributed by atoms with van der Waals surface area (Å²) in [5.74, 6) is 0.249. The molecule has 2 heterocycles. The summed E-state index contributed by atoms with van der Waals surface area (Å²) in [4.78, 5) is 20.5. The van der Waals surface area contributed by atoms with Crippen LogP contribution in [0.5, 0.6) is 0 Å². The van der Waals surface area contributed by atoms with Gasteiger partial charge >= 0.3 is 0 Å². The van der Waals surface area contributed by atoms with E-state index in [9.17, 15) is 9.90 Å². The number of benzene rings is 2. The average Bonchev–Trinajstić information content (AvgIpc) is 3.14. The molecule has 1 aliphatic heterocycles. The Kier molecular flexibility index (Phi) is 6.02. The molecule has 1 N–H and O–H groups in total. The molecule has 3 aromatic rings. The standard InChI is InChI=1S/C25H28N2O2S/c1-16-9-10-21(17(2)15-16)24-26-18(3)23(30-24)25(29)27-13-11-20(12-14-27)22(28)19-7-5-4-6-8-19/h4-10,15,20,22,28H,11-14H2,1-3H3. The molecule has 156 valence electrons. The lowest BCUT2D eigenvalue weighted by molar-refractivity contribution is 0.0465. The van der Waals surface area contributed by atoms with E-state index in [0.29, 0.717) is 13.1 Å². The molecule has 1 unspecified atom stereocenters. The minimum absolute atomic E-state index is 0.0636. The highest BCUT2D eigenvalue weighted by Crippen LogP contribution is 2.34. The number of piperidine rings is 1. The quantitative estimate of drug-likeness (QED) is 0.621. The molecule has 1 aromatic heterocycles. The van der Waals surface area contributed by atoms with Crippen LogP contribution in [0.4, 0.5) is 0 Å². The van der Waals surface area contributed by atoms with Crippen LogP contribution in [0.3, 0.4) is 0 Å². The van der Waals surface area contributed by atoms with Gasteiger partial charge in [0.25, 0.3) is 5.91 Å². The lowest BCUT2D eigenvalue weighted by Crippen LogP contribution is -2.39. The molecule has 30 heavy (non-hydrogen) atoms. The molecule has 0 spiro atoms. The number of hydrogen-bond acceptors (Lipinski definition) is 4. The van der Waals surface area contributed by atoms with Crippen LogP contribution in [-0.4, -0.2) is 34.0 Å². The molecular weight excluding hydrogens is 392 g/mol. The number of aliphatic hydroxyl groups excluding tert-OH is 1. The van der Waals surface area contributed by atoms with Crippen molar-refractivity contribution in [2.75, 3.05) is 13.1 Å². The van der Waals surface area contributed by atoms with Crippen molar-refractivity contribution in [2.24, 2.45) is 5.92 Å². The molecule has 1 saturated heterocycles. The Morgan fingerprint density at radius 3 is 2.47 bits per heavy atom. The highest BCUT2D eigenvalue weighted by atomic mass is 32.1. The van der Waals surface area contributed by atoms with E-state index in [0.717, 1.165) is 39.5 Å². The number of nitrogens with zero attached hydrogens (tertiary/aromatic N) is 2. The first-order valence-corrected chi connectivity index (χ1v) is 11.3. The third kappa shape index (κ3) is 4.18. The summed E-state index contributed by atoms with van der Waals surface area (Å²) >= 11 is 1.49. The predicted octanol–water partition coefficient (Wildman–Crippen LogP) is 5.32. The normalized spacial score (nSPS) is 15.9. The second kappa shape index (κ2) is 8.70. The van der Waals surface area contributed by atoms with Crippen LogP contribution in [0, 0.1) is 26.7 Å². The summed E-state index contributed by atoms with van der Waals surface area (Å²) in [6, 6.07) is 16.1. The van der Waals surface area contributed by atoms with Gasteiger partial charge in [0.2, 0.25) is 0 Å². The minimum atomic E-state index is -0.468. The van der Waals surface area contributed by atoms with Crippen molar-refractivity contribution in [3.63, 3.8) is 0 Å². The zero-order valence-electron chi connectivity index (χ0n) is 17.8. The maximum absolute atomic E-state index is 13.2. The van der Waals surface area contributed by atoms with Gasteiger partial charge < -0.3 is 10.0 Å². The van der Waals surface area contributed by atoms with E-state index in [2.05, 4.69) is 32.0 Å². The molecule has 0 bridgehead atoms. The minimum Gasteiger partial charge on any atom is -0.388 e. The van der Waals surface area contributed by atoms with Gasteiger partial charge in [-0.25, -0.2) is 4.98 Å². The van der Waals surface area contributed by atoms with Gasteiger partial charge in [-0.3, -0.25) is 4.79 Å². The number of aliphatic hydroxyl groups is 1. The summed E-state index contributed by atoms with van der Waals surface area (Å²) < 4.78 is 0. The Morgan fingerprint density at radius 2 is 1.80 bits per heavy atom. The summed E-state index contributed by atoms with van der Waals surface area (Å²) in [6.45, 7) is 7.43. The first kappa shape index (κ1) is 20.8. The van der Waals surface area contributed by atoms with Crippen LogP contribution in [0.2, 0.25) is 0 Å². The Bertz CT molecular complexity index is 1040. The van der Waals surface area contributed by atoms with Crippen LogP contribution in [0.1, 0.15) is 51.0 Å². The number of carbonyl (C=O) groups excluding carboxylic acids is 1. The van der Waals surface area contributed by atoms with Gasteiger partial charge in [0, 0.05) is 18.7 Å². The summed E-state index contributed by atoms with van der Waals surface area (Å²) in [5, 5.41) is 11.6.